The Labute approximate surface area is 118 Å². The van der Waals surface area contributed by atoms with E-state index in [-0.39, 0.29) is 30.8 Å². The van der Waals surface area contributed by atoms with E-state index >= 15 is 0 Å². The predicted molar refractivity (Wildman–Crippen MR) is 73.2 cm³/mol. The van der Waals surface area contributed by atoms with E-state index in [1.807, 2.05) is 6.92 Å². The maximum Gasteiger partial charge on any atom is 0.317 e. The fourth-order valence-corrected chi connectivity index (χ4v) is 2.16. The van der Waals surface area contributed by atoms with E-state index in [2.05, 4.69) is 10.6 Å². The van der Waals surface area contributed by atoms with Gasteiger partial charge in [-0.25, -0.2) is 4.79 Å². The Balaban J connectivity index is 2.37. The monoisotopic (exact) mass is 285 g/mol. The summed E-state index contributed by atoms with van der Waals surface area (Å²) >= 11 is 0. The molecule has 0 saturated carbocycles. The first-order valence-electron chi connectivity index (χ1n) is 7.06. The van der Waals surface area contributed by atoms with Gasteiger partial charge in [0.15, 0.2) is 0 Å². The highest BCUT2D eigenvalue weighted by atomic mass is 16.4. The van der Waals surface area contributed by atoms with Gasteiger partial charge in [-0.3, -0.25) is 9.59 Å². The highest BCUT2D eigenvalue weighted by molar-refractivity contribution is 5.81. The van der Waals surface area contributed by atoms with Crippen LogP contribution >= 0.6 is 0 Å². The molecule has 114 valence electrons. The van der Waals surface area contributed by atoms with Crippen LogP contribution in [0.4, 0.5) is 4.79 Å². The number of urea groups is 1. The average molecular weight is 285 g/mol. The van der Waals surface area contributed by atoms with Crippen LogP contribution in [0.3, 0.4) is 0 Å². The summed E-state index contributed by atoms with van der Waals surface area (Å²) in [6.07, 6.45) is 2.36. The number of amides is 3. The summed E-state index contributed by atoms with van der Waals surface area (Å²) in [7, 11) is 0. The molecule has 0 radical (unpaired) electrons. The fraction of sp³-hybridized carbons (Fsp3) is 0.769. The van der Waals surface area contributed by atoms with Crippen molar-refractivity contribution >= 4 is 17.9 Å². The van der Waals surface area contributed by atoms with Crippen LogP contribution in [0.5, 0.6) is 0 Å². The van der Waals surface area contributed by atoms with Crippen LogP contribution in [0, 0.1) is 5.92 Å². The zero-order chi connectivity index (χ0) is 15.0. The van der Waals surface area contributed by atoms with Gasteiger partial charge in [0.1, 0.15) is 0 Å². The minimum Gasteiger partial charge on any atom is -0.481 e. The van der Waals surface area contributed by atoms with Crippen molar-refractivity contribution in [1.82, 2.24) is 15.5 Å². The molecule has 7 nitrogen and oxygen atoms in total. The van der Waals surface area contributed by atoms with E-state index in [9.17, 15) is 14.4 Å². The zero-order valence-corrected chi connectivity index (χ0v) is 11.9. The van der Waals surface area contributed by atoms with E-state index < -0.39 is 5.97 Å². The lowest BCUT2D eigenvalue weighted by atomic mass is 9.97. The van der Waals surface area contributed by atoms with Crippen LogP contribution in [0.15, 0.2) is 0 Å². The second-order valence-electron chi connectivity index (χ2n) is 4.95. The lowest BCUT2D eigenvalue weighted by Crippen LogP contribution is -2.49. The van der Waals surface area contributed by atoms with Gasteiger partial charge in [0.05, 0.1) is 12.3 Å². The van der Waals surface area contributed by atoms with Gasteiger partial charge < -0.3 is 20.6 Å². The Morgan fingerprint density at radius 3 is 2.65 bits per heavy atom. The van der Waals surface area contributed by atoms with E-state index in [0.29, 0.717) is 19.6 Å². The molecular formula is C13H23N3O4. The summed E-state index contributed by atoms with van der Waals surface area (Å²) in [6, 6.07) is -0.292. The average Bonchev–Trinajstić information content (AvgIpc) is 2.44. The van der Waals surface area contributed by atoms with Crippen molar-refractivity contribution in [3.05, 3.63) is 0 Å². The molecule has 0 aromatic heterocycles. The second-order valence-corrected chi connectivity index (χ2v) is 4.95. The third kappa shape index (κ3) is 5.46. The maximum atomic E-state index is 11.9. The van der Waals surface area contributed by atoms with Crippen molar-refractivity contribution in [3.8, 4) is 0 Å². The van der Waals surface area contributed by atoms with Crippen LogP contribution in [-0.4, -0.2) is 54.1 Å². The van der Waals surface area contributed by atoms with Gasteiger partial charge in [-0.15, -0.1) is 0 Å². The molecule has 1 aliphatic heterocycles. The van der Waals surface area contributed by atoms with Crippen LogP contribution in [0.1, 0.15) is 32.6 Å². The Morgan fingerprint density at radius 2 is 2.00 bits per heavy atom. The van der Waals surface area contributed by atoms with Crippen LogP contribution < -0.4 is 10.6 Å². The van der Waals surface area contributed by atoms with Crippen molar-refractivity contribution in [2.45, 2.75) is 32.6 Å². The molecule has 3 N–H and O–H groups in total. The first-order chi connectivity index (χ1) is 9.54. The van der Waals surface area contributed by atoms with E-state index in [1.54, 1.807) is 4.90 Å². The summed E-state index contributed by atoms with van der Waals surface area (Å²) in [4.78, 5) is 35.7. The number of carbonyl (C=O) groups excluding carboxylic acids is 2. The van der Waals surface area contributed by atoms with Crippen molar-refractivity contribution in [1.29, 1.82) is 0 Å². The number of likely N-dealkylation sites (tertiary alicyclic amines) is 1. The summed E-state index contributed by atoms with van der Waals surface area (Å²) in [5.74, 6) is -1.11. The molecule has 7 heteroatoms. The smallest absolute Gasteiger partial charge is 0.317 e. The number of carboxylic acids is 1. The molecule has 1 rings (SSSR count). The predicted octanol–water partition coefficient (Wildman–Crippen LogP) is 0.409. The molecule has 0 bridgehead atoms. The minimum absolute atomic E-state index is 0.00474. The van der Waals surface area contributed by atoms with Crippen molar-refractivity contribution < 1.29 is 19.5 Å². The SMILES string of the molecule is CCCNC(=O)C1CCCN(C(=O)NCCC(=O)O)C1. The molecule has 0 aromatic rings. The van der Waals surface area contributed by atoms with Gasteiger partial charge in [-0.2, -0.15) is 0 Å². The number of piperidine rings is 1. The Morgan fingerprint density at radius 1 is 1.25 bits per heavy atom. The molecule has 1 unspecified atom stereocenters. The standard InChI is InChI=1S/C13H23N3O4/c1-2-6-14-12(19)10-4-3-8-16(9-10)13(20)15-7-5-11(17)18/h10H,2-9H2,1H3,(H,14,19)(H,15,20)(H,17,18). The van der Waals surface area contributed by atoms with Gasteiger partial charge in [0.2, 0.25) is 5.91 Å². The molecule has 1 atom stereocenters. The van der Waals surface area contributed by atoms with Gasteiger partial charge in [-0.1, -0.05) is 6.92 Å². The van der Waals surface area contributed by atoms with E-state index in [4.69, 9.17) is 5.11 Å². The molecule has 20 heavy (non-hydrogen) atoms. The van der Waals surface area contributed by atoms with Gasteiger partial charge in [0.25, 0.3) is 0 Å². The van der Waals surface area contributed by atoms with Crippen LogP contribution in [-0.2, 0) is 9.59 Å². The molecule has 3 amide bonds. The second kappa shape index (κ2) is 8.39. The van der Waals surface area contributed by atoms with E-state index in [1.165, 1.54) is 0 Å². The van der Waals surface area contributed by atoms with E-state index in [0.717, 1.165) is 19.3 Å². The summed E-state index contributed by atoms with van der Waals surface area (Å²) in [6.45, 7) is 3.76. The van der Waals surface area contributed by atoms with Crippen LogP contribution in [0.25, 0.3) is 0 Å². The fourth-order valence-electron chi connectivity index (χ4n) is 2.16. The molecule has 1 aliphatic rings. The van der Waals surface area contributed by atoms with Crippen LogP contribution in [0.2, 0.25) is 0 Å². The summed E-state index contributed by atoms with van der Waals surface area (Å²) in [5, 5.41) is 13.9. The van der Waals surface area contributed by atoms with Gasteiger partial charge in [0, 0.05) is 26.2 Å². The lowest BCUT2D eigenvalue weighted by Gasteiger charge is -2.32. The number of aliphatic carboxylic acids is 1. The topological polar surface area (TPSA) is 98.7 Å². The summed E-state index contributed by atoms with van der Waals surface area (Å²) in [5.41, 5.74) is 0. The number of nitrogens with one attached hydrogen (secondary N) is 2. The zero-order valence-electron chi connectivity index (χ0n) is 11.9. The van der Waals surface area contributed by atoms with Crippen molar-refractivity contribution in [2.75, 3.05) is 26.2 Å². The highest BCUT2D eigenvalue weighted by Crippen LogP contribution is 2.16. The number of carboxylic acid groups (broad SMARTS) is 1. The molecule has 1 heterocycles. The Kier molecular flexibility index (Phi) is 6.83. The normalized spacial score (nSPS) is 18.4. The largest absolute Gasteiger partial charge is 0.481 e. The third-order valence-electron chi connectivity index (χ3n) is 3.24. The Bertz CT molecular complexity index is 360. The van der Waals surface area contributed by atoms with Crippen molar-refractivity contribution in [2.24, 2.45) is 5.92 Å². The third-order valence-corrected chi connectivity index (χ3v) is 3.24. The first kappa shape index (κ1) is 16.3. The lowest BCUT2D eigenvalue weighted by molar-refractivity contribution is -0.136. The number of rotatable bonds is 6. The van der Waals surface area contributed by atoms with Gasteiger partial charge in [-0.05, 0) is 19.3 Å². The Hall–Kier alpha value is -1.79. The minimum atomic E-state index is -0.944. The summed E-state index contributed by atoms with van der Waals surface area (Å²) < 4.78 is 0. The highest BCUT2D eigenvalue weighted by Gasteiger charge is 2.27. The molecule has 1 fully saturated rings. The van der Waals surface area contributed by atoms with Gasteiger partial charge >= 0.3 is 12.0 Å². The molecule has 0 spiro atoms. The maximum absolute atomic E-state index is 11.9. The molecule has 0 aliphatic carbocycles. The molecule has 0 aromatic carbocycles. The number of nitrogens with zero attached hydrogens (tertiary/aromatic N) is 1. The quantitative estimate of drug-likeness (QED) is 0.658. The number of carbonyl (C=O) groups is 3. The number of hydrogen-bond donors (Lipinski definition) is 3. The molecular weight excluding hydrogens is 262 g/mol. The molecule has 1 saturated heterocycles. The first-order valence-corrected chi connectivity index (χ1v) is 7.06. The van der Waals surface area contributed by atoms with Crippen molar-refractivity contribution in [3.63, 3.8) is 0 Å². The number of hydrogen-bond acceptors (Lipinski definition) is 3.